The minimum absolute atomic E-state index is 0.767. The molecular weight excluding hydrogens is 224 g/mol. The molecule has 0 heterocycles. The van der Waals surface area contributed by atoms with Gasteiger partial charge in [-0.05, 0) is 11.6 Å². The summed E-state index contributed by atoms with van der Waals surface area (Å²) in [7, 11) is -0.870. The van der Waals surface area contributed by atoms with E-state index in [2.05, 4.69) is 15.9 Å². The first-order valence-electron chi connectivity index (χ1n) is 3.23. The monoisotopic (exact) mass is 232 g/mol. The van der Waals surface area contributed by atoms with E-state index in [9.17, 15) is 4.21 Å². The van der Waals surface area contributed by atoms with Crippen LogP contribution in [-0.4, -0.2) is 10.5 Å². The summed E-state index contributed by atoms with van der Waals surface area (Å²) in [6.07, 6.45) is 1.70. The van der Waals surface area contributed by atoms with E-state index in [1.165, 1.54) is 0 Å². The Labute approximate surface area is 77.4 Å². The topological polar surface area (TPSA) is 17.1 Å². The van der Waals surface area contributed by atoms with Gasteiger partial charge in [-0.3, -0.25) is 4.21 Å². The molecule has 0 aromatic heterocycles. The predicted molar refractivity (Wildman–Crippen MR) is 51.4 cm³/mol. The molecule has 0 aliphatic heterocycles. The van der Waals surface area contributed by atoms with Crippen LogP contribution < -0.4 is 0 Å². The summed E-state index contributed by atoms with van der Waals surface area (Å²) in [6, 6.07) is 7.73. The SMILES string of the molecule is CS(=O)c1ccccc1CBr. The molecule has 3 heteroatoms. The standard InChI is InChI=1S/C8H9BrOS/c1-11(10)8-5-3-2-4-7(8)6-9/h2-5H,6H2,1H3. The smallest absolute Gasteiger partial charge is 0.0501 e. The molecule has 0 radical (unpaired) electrons. The van der Waals surface area contributed by atoms with Crippen molar-refractivity contribution < 1.29 is 4.21 Å². The zero-order chi connectivity index (χ0) is 8.27. The fraction of sp³-hybridized carbons (Fsp3) is 0.250. The van der Waals surface area contributed by atoms with Crippen molar-refractivity contribution in [1.82, 2.24) is 0 Å². The molecule has 0 amide bonds. The van der Waals surface area contributed by atoms with Crippen LogP contribution in [0.2, 0.25) is 0 Å². The van der Waals surface area contributed by atoms with Gasteiger partial charge >= 0.3 is 0 Å². The van der Waals surface area contributed by atoms with Gasteiger partial charge < -0.3 is 0 Å². The maximum absolute atomic E-state index is 11.1. The van der Waals surface area contributed by atoms with Crippen molar-refractivity contribution in [2.45, 2.75) is 10.2 Å². The van der Waals surface area contributed by atoms with Crippen LogP contribution in [0.4, 0.5) is 0 Å². The van der Waals surface area contributed by atoms with Crippen molar-refractivity contribution in [3.8, 4) is 0 Å². The van der Waals surface area contributed by atoms with Gasteiger partial charge in [-0.15, -0.1) is 0 Å². The average molecular weight is 233 g/mol. The average Bonchev–Trinajstić information content (AvgIpc) is 2.04. The van der Waals surface area contributed by atoms with Gasteiger partial charge in [0.15, 0.2) is 0 Å². The number of alkyl halides is 1. The Bertz CT molecular complexity index is 273. The Hall–Kier alpha value is -0.150. The van der Waals surface area contributed by atoms with Gasteiger partial charge in [-0.1, -0.05) is 34.1 Å². The minimum atomic E-state index is -0.870. The van der Waals surface area contributed by atoms with Gasteiger partial charge in [-0.2, -0.15) is 0 Å². The van der Waals surface area contributed by atoms with E-state index in [1.807, 2.05) is 24.3 Å². The van der Waals surface area contributed by atoms with E-state index in [0.29, 0.717) is 0 Å². The van der Waals surface area contributed by atoms with E-state index in [0.717, 1.165) is 15.8 Å². The fourth-order valence-corrected chi connectivity index (χ4v) is 2.35. The van der Waals surface area contributed by atoms with E-state index in [-0.39, 0.29) is 0 Å². The van der Waals surface area contributed by atoms with Crippen LogP contribution in [0, 0.1) is 0 Å². The first kappa shape index (κ1) is 8.94. The van der Waals surface area contributed by atoms with E-state index in [4.69, 9.17) is 0 Å². The quantitative estimate of drug-likeness (QED) is 0.716. The summed E-state index contributed by atoms with van der Waals surface area (Å²) in [6.45, 7) is 0. The highest BCUT2D eigenvalue weighted by atomic mass is 79.9. The molecular formula is C8H9BrOS. The van der Waals surface area contributed by atoms with Gasteiger partial charge in [-0.25, -0.2) is 0 Å². The minimum Gasteiger partial charge on any atom is -0.255 e. The third-order valence-corrected chi connectivity index (χ3v) is 3.05. The van der Waals surface area contributed by atoms with Gasteiger partial charge in [0.2, 0.25) is 0 Å². The van der Waals surface area contributed by atoms with Crippen LogP contribution in [0.1, 0.15) is 5.56 Å². The number of benzene rings is 1. The molecule has 1 unspecified atom stereocenters. The molecule has 1 aromatic rings. The molecule has 60 valence electrons. The highest BCUT2D eigenvalue weighted by Crippen LogP contribution is 2.14. The molecule has 0 N–H and O–H groups in total. The lowest BCUT2D eigenvalue weighted by atomic mass is 10.2. The molecule has 0 aliphatic rings. The Morgan fingerprint density at radius 1 is 1.45 bits per heavy atom. The van der Waals surface area contributed by atoms with Crippen molar-refractivity contribution in [2.75, 3.05) is 6.26 Å². The summed E-state index contributed by atoms with van der Waals surface area (Å²) in [4.78, 5) is 0.921. The first-order valence-corrected chi connectivity index (χ1v) is 5.91. The molecule has 1 atom stereocenters. The molecule has 0 fully saturated rings. The molecule has 0 saturated carbocycles. The molecule has 1 rings (SSSR count). The number of hydrogen-bond donors (Lipinski definition) is 0. The maximum Gasteiger partial charge on any atom is 0.0501 e. The van der Waals surface area contributed by atoms with E-state index < -0.39 is 10.8 Å². The van der Waals surface area contributed by atoms with Crippen LogP contribution in [0.25, 0.3) is 0 Å². The normalized spacial score (nSPS) is 12.9. The zero-order valence-electron chi connectivity index (χ0n) is 6.21. The van der Waals surface area contributed by atoms with Crippen LogP contribution >= 0.6 is 15.9 Å². The summed E-state index contributed by atoms with van der Waals surface area (Å²) in [5, 5.41) is 0.767. The molecule has 1 aromatic carbocycles. The highest BCUT2D eigenvalue weighted by Gasteiger charge is 2.01. The molecule has 0 aliphatic carbocycles. The summed E-state index contributed by atoms with van der Waals surface area (Å²) >= 11 is 3.34. The summed E-state index contributed by atoms with van der Waals surface area (Å²) < 4.78 is 11.1. The third-order valence-electron chi connectivity index (χ3n) is 1.43. The fourth-order valence-electron chi connectivity index (χ4n) is 0.895. The third kappa shape index (κ3) is 2.14. The second kappa shape index (κ2) is 4.02. The van der Waals surface area contributed by atoms with Gasteiger partial charge in [0.1, 0.15) is 0 Å². The highest BCUT2D eigenvalue weighted by molar-refractivity contribution is 9.08. The summed E-state index contributed by atoms with van der Waals surface area (Å²) in [5.74, 6) is 0. The van der Waals surface area contributed by atoms with Crippen molar-refractivity contribution >= 4 is 26.7 Å². The maximum atomic E-state index is 11.1. The van der Waals surface area contributed by atoms with E-state index >= 15 is 0 Å². The Morgan fingerprint density at radius 3 is 2.55 bits per heavy atom. The molecule has 0 spiro atoms. The van der Waals surface area contributed by atoms with Crippen molar-refractivity contribution in [2.24, 2.45) is 0 Å². The lowest BCUT2D eigenvalue weighted by Crippen LogP contribution is -1.92. The summed E-state index contributed by atoms with van der Waals surface area (Å²) in [5.41, 5.74) is 1.10. The molecule has 11 heavy (non-hydrogen) atoms. The number of hydrogen-bond acceptors (Lipinski definition) is 1. The van der Waals surface area contributed by atoms with Crippen LogP contribution in [-0.2, 0) is 16.1 Å². The molecule has 0 saturated heterocycles. The van der Waals surface area contributed by atoms with Crippen molar-refractivity contribution in [3.05, 3.63) is 29.8 Å². The zero-order valence-corrected chi connectivity index (χ0v) is 8.61. The van der Waals surface area contributed by atoms with Crippen LogP contribution in [0.3, 0.4) is 0 Å². The molecule has 1 nitrogen and oxygen atoms in total. The van der Waals surface area contributed by atoms with Crippen molar-refractivity contribution in [1.29, 1.82) is 0 Å². The van der Waals surface area contributed by atoms with E-state index in [1.54, 1.807) is 6.26 Å². The lowest BCUT2D eigenvalue weighted by molar-refractivity contribution is 0.686. The second-order valence-electron chi connectivity index (χ2n) is 2.20. The van der Waals surface area contributed by atoms with Gasteiger partial charge in [0, 0.05) is 16.5 Å². The number of rotatable bonds is 2. The van der Waals surface area contributed by atoms with Crippen LogP contribution in [0.15, 0.2) is 29.2 Å². The molecule has 0 bridgehead atoms. The van der Waals surface area contributed by atoms with Gasteiger partial charge in [0.25, 0.3) is 0 Å². The number of halogens is 1. The van der Waals surface area contributed by atoms with Gasteiger partial charge in [0.05, 0.1) is 10.8 Å². The van der Waals surface area contributed by atoms with Crippen molar-refractivity contribution in [3.63, 3.8) is 0 Å². The Morgan fingerprint density at radius 2 is 2.09 bits per heavy atom. The largest absolute Gasteiger partial charge is 0.255 e. The predicted octanol–water partition coefficient (Wildman–Crippen LogP) is 2.32. The Balaban J connectivity index is 3.12. The second-order valence-corrected chi connectivity index (χ2v) is 4.10. The Kier molecular flexibility index (Phi) is 3.27. The van der Waals surface area contributed by atoms with Crippen LogP contribution in [0.5, 0.6) is 0 Å². The first-order chi connectivity index (χ1) is 5.25. The lowest BCUT2D eigenvalue weighted by Gasteiger charge is -2.01.